The molecule has 0 unspecified atom stereocenters. The number of fused-ring (bicyclic) bond motifs is 3. The second-order valence-corrected chi connectivity index (χ2v) is 9.01. The van der Waals surface area contributed by atoms with Gasteiger partial charge in [0.1, 0.15) is 6.61 Å². The maximum Gasteiger partial charge on any atom is 0.407 e. The van der Waals surface area contributed by atoms with Crippen LogP contribution in [0.3, 0.4) is 0 Å². The third-order valence-corrected chi connectivity index (χ3v) is 6.27. The number of carbonyl (C=O) groups excluding carboxylic acids is 2. The zero-order valence-corrected chi connectivity index (χ0v) is 21.5. The van der Waals surface area contributed by atoms with E-state index in [1.807, 2.05) is 24.3 Å². The first kappa shape index (κ1) is 29.1. The fraction of sp³-hybridized carbons (Fsp3) is 0.464. The quantitative estimate of drug-likeness (QED) is 0.229. The van der Waals surface area contributed by atoms with Crippen LogP contribution >= 0.6 is 0 Å². The zero-order valence-electron chi connectivity index (χ0n) is 21.5. The van der Waals surface area contributed by atoms with Crippen molar-refractivity contribution >= 4 is 18.0 Å². The van der Waals surface area contributed by atoms with Gasteiger partial charge in [0.15, 0.2) is 0 Å². The number of hydrogen-bond donors (Lipinski definition) is 4. The monoisotopic (exact) mass is 527 g/mol. The van der Waals surface area contributed by atoms with Gasteiger partial charge in [-0.15, -0.1) is 0 Å². The number of alkyl carbamates (subject to hydrolysis) is 1. The number of carboxylic acids is 1. The third kappa shape index (κ3) is 9.13. The van der Waals surface area contributed by atoms with Gasteiger partial charge in [-0.1, -0.05) is 48.5 Å². The van der Waals surface area contributed by atoms with E-state index in [2.05, 4.69) is 34.9 Å². The molecule has 2 aromatic rings. The van der Waals surface area contributed by atoms with E-state index in [1.54, 1.807) is 0 Å². The van der Waals surface area contributed by atoms with E-state index < -0.39 is 18.1 Å². The van der Waals surface area contributed by atoms with Crippen LogP contribution in [0.25, 0.3) is 11.1 Å². The number of amides is 2. The van der Waals surface area contributed by atoms with Crippen molar-refractivity contribution in [2.45, 2.75) is 37.6 Å². The van der Waals surface area contributed by atoms with Gasteiger partial charge in [-0.25, -0.2) is 4.79 Å². The van der Waals surface area contributed by atoms with Gasteiger partial charge < -0.3 is 35.7 Å². The molecule has 0 fully saturated rings. The van der Waals surface area contributed by atoms with Gasteiger partial charge in [-0.05, 0) is 41.5 Å². The molecule has 2 aromatic carbocycles. The number of nitrogens with two attached hydrogens (primary N) is 1. The Labute approximate surface area is 222 Å². The molecular formula is C28H37N3O7. The first-order valence-electron chi connectivity index (χ1n) is 13.0. The van der Waals surface area contributed by atoms with Crippen molar-refractivity contribution in [3.05, 3.63) is 59.7 Å². The molecule has 0 saturated heterocycles. The lowest BCUT2D eigenvalue weighted by Gasteiger charge is -2.15. The van der Waals surface area contributed by atoms with Gasteiger partial charge in [0.05, 0.1) is 38.9 Å². The summed E-state index contributed by atoms with van der Waals surface area (Å²) in [6, 6.07) is 15.8. The van der Waals surface area contributed by atoms with Crippen molar-refractivity contribution in [2.24, 2.45) is 5.73 Å². The zero-order chi connectivity index (χ0) is 27.2. The molecule has 0 saturated carbocycles. The minimum Gasteiger partial charge on any atom is -0.481 e. The van der Waals surface area contributed by atoms with Crippen molar-refractivity contribution in [2.75, 3.05) is 46.1 Å². The van der Waals surface area contributed by atoms with Crippen LogP contribution < -0.4 is 16.4 Å². The number of hydrogen-bond acceptors (Lipinski definition) is 7. The molecule has 1 aliphatic carbocycles. The lowest BCUT2D eigenvalue weighted by atomic mass is 9.98. The second kappa shape index (κ2) is 15.7. The average molecular weight is 528 g/mol. The lowest BCUT2D eigenvalue weighted by Crippen LogP contribution is -2.41. The minimum atomic E-state index is -0.906. The minimum absolute atomic E-state index is 0.0206. The van der Waals surface area contributed by atoms with Crippen molar-refractivity contribution in [3.8, 4) is 11.1 Å². The molecule has 5 N–H and O–H groups in total. The fourth-order valence-corrected chi connectivity index (χ4v) is 4.32. The Morgan fingerprint density at radius 3 is 2.13 bits per heavy atom. The number of rotatable bonds is 17. The highest BCUT2D eigenvalue weighted by atomic mass is 16.5. The van der Waals surface area contributed by atoms with E-state index in [4.69, 9.17) is 25.1 Å². The Morgan fingerprint density at radius 1 is 0.842 bits per heavy atom. The molecular weight excluding hydrogens is 490 g/mol. The van der Waals surface area contributed by atoms with E-state index in [1.165, 1.54) is 22.3 Å². The van der Waals surface area contributed by atoms with Gasteiger partial charge in [0.2, 0.25) is 5.91 Å². The highest BCUT2D eigenvalue weighted by molar-refractivity contribution is 5.81. The van der Waals surface area contributed by atoms with Crippen LogP contribution in [-0.2, 0) is 23.8 Å². The van der Waals surface area contributed by atoms with Crippen LogP contribution in [0.2, 0.25) is 0 Å². The average Bonchev–Trinajstić information content (AvgIpc) is 3.24. The van der Waals surface area contributed by atoms with Gasteiger partial charge in [0, 0.05) is 19.0 Å². The molecule has 10 heteroatoms. The lowest BCUT2D eigenvalue weighted by molar-refractivity contribution is -0.138. The largest absolute Gasteiger partial charge is 0.481 e. The Bertz CT molecular complexity index is 1020. The topological polar surface area (TPSA) is 149 Å². The van der Waals surface area contributed by atoms with Crippen molar-refractivity contribution < 1.29 is 33.7 Å². The number of ether oxygens (including phenoxy) is 3. The molecule has 0 heterocycles. The van der Waals surface area contributed by atoms with Crippen LogP contribution in [0.5, 0.6) is 0 Å². The number of carbonyl (C=O) groups is 3. The second-order valence-electron chi connectivity index (χ2n) is 9.01. The molecule has 0 aromatic heterocycles. The summed E-state index contributed by atoms with van der Waals surface area (Å²) in [6.45, 7) is 2.10. The molecule has 0 spiro atoms. The van der Waals surface area contributed by atoms with E-state index in [0.29, 0.717) is 52.2 Å². The molecule has 10 nitrogen and oxygen atoms in total. The molecule has 0 radical (unpaired) electrons. The van der Waals surface area contributed by atoms with Crippen LogP contribution in [0.15, 0.2) is 48.5 Å². The smallest absolute Gasteiger partial charge is 0.407 e. The fourth-order valence-electron chi connectivity index (χ4n) is 4.32. The summed E-state index contributed by atoms with van der Waals surface area (Å²) in [5, 5.41) is 14.0. The SMILES string of the molecule is N[C@@H](CCCCNC(=O)OCC1c2ccccc2-c2ccccc21)C(=O)NCCOCCOCCC(=O)O. The van der Waals surface area contributed by atoms with Crippen molar-refractivity contribution in [3.63, 3.8) is 0 Å². The van der Waals surface area contributed by atoms with E-state index in [0.717, 1.165) is 0 Å². The Hall–Kier alpha value is -3.47. The number of aliphatic carboxylic acids is 1. The highest BCUT2D eigenvalue weighted by Gasteiger charge is 2.28. The Kier molecular flexibility index (Phi) is 12.0. The summed E-state index contributed by atoms with van der Waals surface area (Å²) in [4.78, 5) is 34.7. The summed E-state index contributed by atoms with van der Waals surface area (Å²) in [5.41, 5.74) is 10.6. The molecule has 0 bridgehead atoms. The van der Waals surface area contributed by atoms with Gasteiger partial charge in [-0.2, -0.15) is 0 Å². The standard InChI is InChI=1S/C28H37N3O7/c29-25(27(34)30-14-16-37-18-17-36-15-12-26(32)33)11-5-6-13-31-28(35)38-19-24-22-9-3-1-7-20(22)21-8-2-4-10-23(21)24/h1-4,7-10,24-25H,5-6,11-19,29H2,(H,30,34)(H,31,35)(H,32,33)/t25-/m0/s1. The van der Waals surface area contributed by atoms with E-state index >= 15 is 0 Å². The van der Waals surface area contributed by atoms with Crippen molar-refractivity contribution in [1.29, 1.82) is 0 Å². The normalized spacial score (nSPS) is 12.9. The van der Waals surface area contributed by atoms with Crippen LogP contribution in [-0.4, -0.2) is 75.2 Å². The maximum atomic E-state index is 12.2. The molecule has 1 atom stereocenters. The maximum absolute atomic E-state index is 12.2. The Morgan fingerprint density at radius 2 is 1.47 bits per heavy atom. The molecule has 1 aliphatic rings. The Balaban J connectivity index is 1.21. The summed E-state index contributed by atoms with van der Waals surface area (Å²) >= 11 is 0. The molecule has 38 heavy (non-hydrogen) atoms. The molecule has 0 aliphatic heterocycles. The number of nitrogens with one attached hydrogen (secondary N) is 2. The summed E-state index contributed by atoms with van der Waals surface area (Å²) in [7, 11) is 0. The van der Waals surface area contributed by atoms with Crippen LogP contribution in [0, 0.1) is 0 Å². The molecule has 3 rings (SSSR count). The molecule has 2 amide bonds. The number of unbranched alkanes of at least 4 members (excludes halogenated alkanes) is 1. The summed E-state index contributed by atoms with van der Waals surface area (Å²) in [5.74, 6) is -1.14. The van der Waals surface area contributed by atoms with E-state index in [-0.39, 0.29) is 31.5 Å². The predicted molar refractivity (Wildman–Crippen MR) is 142 cm³/mol. The van der Waals surface area contributed by atoms with Gasteiger partial charge in [-0.3, -0.25) is 9.59 Å². The number of carboxylic acid groups (broad SMARTS) is 1. The van der Waals surface area contributed by atoms with Crippen molar-refractivity contribution in [1.82, 2.24) is 10.6 Å². The van der Waals surface area contributed by atoms with Crippen LogP contribution in [0.1, 0.15) is 42.7 Å². The van der Waals surface area contributed by atoms with Gasteiger partial charge in [0.25, 0.3) is 0 Å². The highest BCUT2D eigenvalue weighted by Crippen LogP contribution is 2.44. The first-order chi connectivity index (χ1) is 18.5. The summed E-state index contributed by atoms with van der Waals surface area (Å²) in [6.07, 6.45) is 1.36. The predicted octanol–water partition coefficient (Wildman–Crippen LogP) is 2.65. The van der Waals surface area contributed by atoms with E-state index in [9.17, 15) is 14.4 Å². The van der Waals surface area contributed by atoms with Crippen LogP contribution in [0.4, 0.5) is 4.79 Å². The third-order valence-electron chi connectivity index (χ3n) is 6.27. The summed E-state index contributed by atoms with van der Waals surface area (Å²) < 4.78 is 15.9. The molecule has 206 valence electrons. The first-order valence-corrected chi connectivity index (χ1v) is 13.0. The van der Waals surface area contributed by atoms with Gasteiger partial charge >= 0.3 is 12.1 Å². The number of benzene rings is 2.